The van der Waals surface area contributed by atoms with Gasteiger partial charge < -0.3 is 9.26 Å². The van der Waals surface area contributed by atoms with Gasteiger partial charge in [-0.2, -0.15) is 18.2 Å². The minimum absolute atomic E-state index is 0.224. The van der Waals surface area contributed by atoms with Gasteiger partial charge in [-0.25, -0.2) is 4.79 Å². The highest BCUT2D eigenvalue weighted by atomic mass is 19.4. The number of hydrogen-bond acceptors (Lipinski definition) is 5. The normalized spacial score (nSPS) is 11.3. The van der Waals surface area contributed by atoms with E-state index in [1.165, 1.54) is 18.2 Å². The van der Waals surface area contributed by atoms with Gasteiger partial charge in [0.1, 0.15) is 0 Å². The maximum absolute atomic E-state index is 12.4. The fraction of sp³-hybridized carbons (Fsp3) is 0.308. The van der Waals surface area contributed by atoms with Crippen molar-refractivity contribution in [3.63, 3.8) is 0 Å². The van der Waals surface area contributed by atoms with Crippen LogP contribution >= 0.6 is 0 Å². The summed E-state index contributed by atoms with van der Waals surface area (Å²) < 4.78 is 46.3. The van der Waals surface area contributed by atoms with Crippen LogP contribution in [0.3, 0.4) is 0 Å². The Hall–Kier alpha value is -2.58. The van der Waals surface area contributed by atoms with Crippen LogP contribution in [0, 0.1) is 0 Å². The van der Waals surface area contributed by atoms with E-state index in [0.717, 1.165) is 0 Å². The van der Waals surface area contributed by atoms with Gasteiger partial charge in [0, 0.05) is 11.3 Å². The quantitative estimate of drug-likeness (QED) is 0.930. The molecule has 22 heavy (non-hydrogen) atoms. The Morgan fingerprint density at radius 2 is 2.18 bits per heavy atom. The van der Waals surface area contributed by atoms with Gasteiger partial charge in [-0.05, 0) is 18.6 Å². The van der Waals surface area contributed by atoms with Crippen LogP contribution in [0.2, 0.25) is 0 Å². The molecule has 0 fully saturated rings. The average Bonchev–Trinajstić information content (AvgIpc) is 2.95. The van der Waals surface area contributed by atoms with Crippen LogP contribution in [0.4, 0.5) is 23.7 Å². The Morgan fingerprint density at radius 1 is 1.41 bits per heavy atom. The molecule has 0 aliphatic rings. The Morgan fingerprint density at radius 3 is 2.82 bits per heavy atom. The Balaban J connectivity index is 2.14. The van der Waals surface area contributed by atoms with Crippen molar-refractivity contribution in [1.29, 1.82) is 0 Å². The van der Waals surface area contributed by atoms with Gasteiger partial charge in [0.15, 0.2) is 0 Å². The second kappa shape index (κ2) is 6.46. The van der Waals surface area contributed by atoms with E-state index in [0.29, 0.717) is 12.1 Å². The van der Waals surface area contributed by atoms with Crippen LogP contribution in [0.15, 0.2) is 28.8 Å². The minimum Gasteiger partial charge on any atom is -0.449 e. The number of amides is 1. The van der Waals surface area contributed by atoms with E-state index >= 15 is 0 Å². The summed E-state index contributed by atoms with van der Waals surface area (Å²) in [5, 5.41) is 5.73. The molecule has 118 valence electrons. The van der Waals surface area contributed by atoms with Gasteiger partial charge in [-0.15, -0.1) is 0 Å². The third-order valence-electron chi connectivity index (χ3n) is 2.47. The molecule has 1 aromatic carbocycles. The summed E-state index contributed by atoms with van der Waals surface area (Å²) in [6.45, 7) is 2.12. The summed E-state index contributed by atoms with van der Waals surface area (Å²) in [7, 11) is 0. The van der Waals surface area contributed by atoms with Gasteiger partial charge >= 0.3 is 18.2 Å². The lowest BCUT2D eigenvalue weighted by Gasteiger charge is -2.06. The number of carbonyl (C=O) groups is 1. The summed E-state index contributed by atoms with van der Waals surface area (Å²) in [6.07, 6.45) is -4.68. The highest BCUT2D eigenvalue weighted by molar-refractivity contribution is 5.85. The number of halogens is 3. The zero-order valence-corrected chi connectivity index (χ0v) is 11.5. The summed E-state index contributed by atoms with van der Waals surface area (Å²) in [5.74, 6) is -1.65. The second-order valence-corrected chi connectivity index (χ2v) is 4.26. The molecule has 1 aromatic heterocycles. The Labute approximate surface area is 123 Å². The monoisotopic (exact) mass is 315 g/mol. The third-order valence-corrected chi connectivity index (χ3v) is 2.47. The number of alkyl halides is 3. The fourth-order valence-corrected chi connectivity index (χ4v) is 1.54. The molecule has 1 amide bonds. The summed E-state index contributed by atoms with van der Waals surface area (Å²) >= 11 is 0. The van der Waals surface area contributed by atoms with E-state index in [-0.39, 0.29) is 18.0 Å². The van der Waals surface area contributed by atoms with Crippen molar-refractivity contribution in [1.82, 2.24) is 10.1 Å². The van der Waals surface area contributed by atoms with Gasteiger partial charge in [0.25, 0.3) is 0 Å². The number of anilines is 1. The number of aromatic nitrogens is 2. The van der Waals surface area contributed by atoms with Crippen molar-refractivity contribution in [2.75, 3.05) is 11.9 Å². The number of nitrogens with zero attached hydrogens (tertiary/aromatic N) is 2. The number of nitrogens with one attached hydrogen (secondary N) is 1. The molecule has 0 unspecified atom stereocenters. The topological polar surface area (TPSA) is 77.2 Å². The Kier molecular flexibility index (Phi) is 4.64. The van der Waals surface area contributed by atoms with E-state index in [2.05, 4.69) is 20.0 Å². The highest BCUT2D eigenvalue weighted by Gasteiger charge is 2.38. The van der Waals surface area contributed by atoms with Crippen molar-refractivity contribution in [3.05, 3.63) is 30.2 Å². The summed E-state index contributed by atoms with van der Waals surface area (Å²) in [4.78, 5) is 14.7. The molecule has 6 nitrogen and oxygen atoms in total. The van der Waals surface area contributed by atoms with Crippen molar-refractivity contribution < 1.29 is 27.2 Å². The lowest BCUT2D eigenvalue weighted by atomic mass is 10.2. The standard InChI is InChI=1S/C13H12F3N3O3/c1-2-6-21-12(20)17-9-5-3-4-8(7-9)10-18-11(22-19-10)13(14,15)16/h3-5,7H,2,6H2,1H3,(H,17,20). The first-order chi connectivity index (χ1) is 10.4. The number of rotatable bonds is 4. The van der Waals surface area contributed by atoms with E-state index in [1.54, 1.807) is 6.07 Å². The van der Waals surface area contributed by atoms with E-state index in [4.69, 9.17) is 4.74 Å². The molecule has 0 atom stereocenters. The maximum atomic E-state index is 12.4. The average molecular weight is 315 g/mol. The number of ether oxygens (including phenoxy) is 1. The molecule has 0 spiro atoms. The molecular weight excluding hydrogens is 303 g/mol. The molecule has 0 radical (unpaired) electrons. The molecule has 0 saturated carbocycles. The molecule has 0 aliphatic carbocycles. The second-order valence-electron chi connectivity index (χ2n) is 4.26. The predicted octanol–water partition coefficient (Wildman–Crippen LogP) is 3.71. The number of benzene rings is 1. The molecular formula is C13H12F3N3O3. The lowest BCUT2D eigenvalue weighted by molar-refractivity contribution is -0.159. The summed E-state index contributed by atoms with van der Waals surface area (Å²) in [5.41, 5.74) is 0.615. The largest absolute Gasteiger partial charge is 0.471 e. The van der Waals surface area contributed by atoms with Gasteiger partial charge in [0.05, 0.1) is 6.61 Å². The van der Waals surface area contributed by atoms with E-state index < -0.39 is 18.2 Å². The highest BCUT2D eigenvalue weighted by Crippen LogP contribution is 2.29. The van der Waals surface area contributed by atoms with Crippen molar-refractivity contribution in [2.24, 2.45) is 0 Å². The molecule has 2 aromatic rings. The van der Waals surface area contributed by atoms with Crippen molar-refractivity contribution in [2.45, 2.75) is 19.5 Å². The van der Waals surface area contributed by atoms with Gasteiger partial charge in [-0.3, -0.25) is 5.32 Å². The molecule has 9 heteroatoms. The smallest absolute Gasteiger partial charge is 0.449 e. The van der Waals surface area contributed by atoms with E-state index in [1.807, 2.05) is 6.92 Å². The third kappa shape index (κ3) is 3.96. The van der Waals surface area contributed by atoms with Crippen LogP contribution in [0.25, 0.3) is 11.4 Å². The van der Waals surface area contributed by atoms with Gasteiger partial charge in [-0.1, -0.05) is 24.2 Å². The van der Waals surface area contributed by atoms with Crippen LogP contribution in [0.5, 0.6) is 0 Å². The molecule has 2 rings (SSSR count). The van der Waals surface area contributed by atoms with E-state index in [9.17, 15) is 18.0 Å². The lowest BCUT2D eigenvalue weighted by Crippen LogP contribution is -2.14. The molecule has 1 N–H and O–H groups in total. The van der Waals surface area contributed by atoms with Crippen LogP contribution in [-0.2, 0) is 10.9 Å². The first-order valence-electron chi connectivity index (χ1n) is 6.35. The zero-order valence-electron chi connectivity index (χ0n) is 11.5. The van der Waals surface area contributed by atoms with Crippen LogP contribution in [0.1, 0.15) is 19.2 Å². The predicted molar refractivity (Wildman–Crippen MR) is 70.0 cm³/mol. The van der Waals surface area contributed by atoms with Crippen molar-refractivity contribution in [3.8, 4) is 11.4 Å². The zero-order chi connectivity index (χ0) is 16.2. The number of carbonyl (C=O) groups excluding carboxylic acids is 1. The summed E-state index contributed by atoms with van der Waals surface area (Å²) in [6, 6.07) is 6.00. The van der Waals surface area contributed by atoms with Crippen molar-refractivity contribution >= 4 is 11.8 Å². The number of hydrogen-bond donors (Lipinski definition) is 1. The van der Waals surface area contributed by atoms with Crippen LogP contribution in [-0.4, -0.2) is 22.8 Å². The first-order valence-corrected chi connectivity index (χ1v) is 6.35. The van der Waals surface area contributed by atoms with Crippen LogP contribution < -0.4 is 5.32 Å². The van der Waals surface area contributed by atoms with Gasteiger partial charge in [0.2, 0.25) is 5.82 Å². The molecule has 0 bridgehead atoms. The molecule has 0 saturated heterocycles. The fourth-order valence-electron chi connectivity index (χ4n) is 1.54. The SMILES string of the molecule is CCCOC(=O)Nc1cccc(-c2noc(C(F)(F)F)n2)c1. The maximum Gasteiger partial charge on any atom is 0.471 e. The minimum atomic E-state index is -4.70. The molecule has 1 heterocycles. The first kappa shape index (κ1) is 15.8. The molecule has 0 aliphatic heterocycles. The Bertz CT molecular complexity index is 655.